The van der Waals surface area contributed by atoms with Gasteiger partial charge in [0.05, 0.1) is 33.2 Å². The Morgan fingerprint density at radius 3 is 2.35 bits per heavy atom. The van der Waals surface area contributed by atoms with Crippen LogP contribution in [0.3, 0.4) is 0 Å². The van der Waals surface area contributed by atoms with E-state index in [1.54, 1.807) is 12.1 Å². The molecule has 0 amide bonds. The Kier molecular flexibility index (Phi) is 5.67. The average molecular weight is 447 g/mol. The van der Waals surface area contributed by atoms with Crippen LogP contribution in [0.5, 0.6) is 0 Å². The van der Waals surface area contributed by atoms with Crippen LogP contribution in [0, 0.1) is 13.8 Å². The molecule has 6 heteroatoms. The van der Waals surface area contributed by atoms with Crippen molar-refractivity contribution >= 4 is 23.0 Å². The highest BCUT2D eigenvalue weighted by molar-refractivity contribution is 6.34. The van der Waals surface area contributed by atoms with E-state index in [0.717, 1.165) is 42.2 Å². The maximum absolute atomic E-state index is 13.5. The molecule has 2 aromatic carbocycles. The molecule has 1 N–H and O–H groups in total. The van der Waals surface area contributed by atoms with Crippen molar-refractivity contribution in [1.29, 1.82) is 0 Å². The van der Waals surface area contributed by atoms with Gasteiger partial charge in [-0.25, -0.2) is 0 Å². The van der Waals surface area contributed by atoms with Crippen molar-refractivity contribution in [1.82, 2.24) is 0 Å². The zero-order chi connectivity index (χ0) is 22.4. The van der Waals surface area contributed by atoms with E-state index in [1.807, 2.05) is 13.8 Å². The molecular weight excluding hydrogens is 421 g/mol. The van der Waals surface area contributed by atoms with Crippen molar-refractivity contribution < 1.29 is 13.2 Å². The molecule has 0 aromatic heterocycles. The van der Waals surface area contributed by atoms with Crippen LogP contribution in [-0.4, -0.2) is 11.3 Å². The third kappa shape index (κ3) is 4.12. The number of alkyl halides is 3. The number of hydrogen-bond acceptors (Lipinski definition) is 2. The van der Waals surface area contributed by atoms with Gasteiger partial charge in [-0.2, -0.15) is 13.2 Å². The number of nitrogens with one attached hydrogen (secondary N) is 1. The lowest BCUT2D eigenvalue weighted by atomic mass is 9.74. The molecule has 1 aliphatic carbocycles. The number of aliphatic imine (C=N–C) groups is 1. The van der Waals surface area contributed by atoms with E-state index in [2.05, 4.69) is 11.9 Å². The minimum atomic E-state index is -4.44. The number of benzene rings is 2. The maximum atomic E-state index is 13.5. The van der Waals surface area contributed by atoms with Crippen molar-refractivity contribution in [3.63, 3.8) is 0 Å². The Morgan fingerprint density at radius 1 is 1.06 bits per heavy atom. The van der Waals surface area contributed by atoms with Gasteiger partial charge in [0.1, 0.15) is 0 Å². The summed E-state index contributed by atoms with van der Waals surface area (Å²) in [5.74, 6) is 0. The molecule has 1 fully saturated rings. The smallest absolute Gasteiger partial charge is 0.353 e. The number of halogens is 4. The fourth-order valence-corrected chi connectivity index (χ4v) is 5.05. The summed E-state index contributed by atoms with van der Waals surface area (Å²) in [4.78, 5) is 4.88. The SMILES string of the molecule is C=C(Nc1c(Cl)cc(-c2ccccc2C(F)(F)F)c(C)c1C)C1=NC2(CCCCC2)C1. The van der Waals surface area contributed by atoms with E-state index < -0.39 is 11.7 Å². The van der Waals surface area contributed by atoms with Gasteiger partial charge >= 0.3 is 6.18 Å². The zero-order valence-electron chi connectivity index (χ0n) is 17.8. The summed E-state index contributed by atoms with van der Waals surface area (Å²) >= 11 is 6.55. The Morgan fingerprint density at radius 2 is 1.71 bits per heavy atom. The highest BCUT2D eigenvalue weighted by Crippen LogP contribution is 2.44. The molecule has 1 aliphatic heterocycles. The molecule has 2 nitrogen and oxygen atoms in total. The average Bonchev–Trinajstić information content (AvgIpc) is 2.71. The van der Waals surface area contributed by atoms with Crippen molar-refractivity contribution in [2.75, 3.05) is 5.32 Å². The van der Waals surface area contributed by atoms with E-state index in [0.29, 0.717) is 22.0 Å². The Labute approximate surface area is 186 Å². The van der Waals surface area contributed by atoms with E-state index in [1.165, 1.54) is 31.4 Å². The largest absolute Gasteiger partial charge is 0.417 e. The van der Waals surface area contributed by atoms with Gasteiger partial charge in [0.2, 0.25) is 0 Å². The summed E-state index contributed by atoms with van der Waals surface area (Å²) in [6, 6.07) is 7.20. The molecule has 2 aromatic rings. The topological polar surface area (TPSA) is 24.4 Å². The van der Waals surface area contributed by atoms with Gasteiger partial charge in [-0.15, -0.1) is 0 Å². The molecule has 0 radical (unpaired) electrons. The molecule has 31 heavy (non-hydrogen) atoms. The second-order valence-corrected chi connectivity index (χ2v) is 9.11. The van der Waals surface area contributed by atoms with Crippen LogP contribution in [0.2, 0.25) is 5.02 Å². The second kappa shape index (κ2) is 8.01. The van der Waals surface area contributed by atoms with Crippen molar-refractivity contribution in [3.05, 3.63) is 64.3 Å². The van der Waals surface area contributed by atoms with Gasteiger partial charge in [0.15, 0.2) is 0 Å². The number of nitrogens with zero attached hydrogens (tertiary/aromatic N) is 1. The molecule has 0 unspecified atom stereocenters. The molecule has 2 aliphatic rings. The molecule has 1 spiro atoms. The Balaban J connectivity index is 1.63. The van der Waals surface area contributed by atoms with Crippen LogP contribution in [0.25, 0.3) is 11.1 Å². The van der Waals surface area contributed by atoms with Crippen LogP contribution >= 0.6 is 11.6 Å². The standard InChI is InChI=1S/C25H26ClF3N2/c1-15-16(2)23(30-17(3)22-14-24(31-22)11-7-4-8-12-24)21(26)13-19(15)18-9-5-6-10-20(18)25(27,28)29/h5-6,9-10,13,30H,3-4,7-8,11-12,14H2,1-2H3. The van der Waals surface area contributed by atoms with Gasteiger partial charge in [0, 0.05) is 6.42 Å². The lowest BCUT2D eigenvalue weighted by Crippen LogP contribution is -2.42. The number of anilines is 1. The minimum absolute atomic E-state index is 0.0954. The lowest BCUT2D eigenvalue weighted by Gasteiger charge is -2.42. The molecule has 4 rings (SSSR count). The van der Waals surface area contributed by atoms with Gasteiger partial charge in [-0.3, -0.25) is 4.99 Å². The van der Waals surface area contributed by atoms with Gasteiger partial charge in [-0.05, 0) is 61.1 Å². The van der Waals surface area contributed by atoms with E-state index >= 15 is 0 Å². The second-order valence-electron chi connectivity index (χ2n) is 8.70. The highest BCUT2D eigenvalue weighted by Gasteiger charge is 2.40. The number of allylic oxidation sites excluding steroid dienone is 1. The Bertz CT molecular complexity index is 1060. The normalized spacial score (nSPS) is 17.8. The molecule has 0 bridgehead atoms. The van der Waals surface area contributed by atoms with Gasteiger partial charge in [0.25, 0.3) is 0 Å². The number of hydrogen-bond donors (Lipinski definition) is 1. The van der Waals surface area contributed by atoms with Crippen LogP contribution in [0.4, 0.5) is 18.9 Å². The lowest BCUT2D eigenvalue weighted by molar-refractivity contribution is -0.137. The fourth-order valence-electron chi connectivity index (χ4n) is 4.76. The quantitative estimate of drug-likeness (QED) is 0.503. The monoisotopic (exact) mass is 446 g/mol. The summed E-state index contributed by atoms with van der Waals surface area (Å²) in [6.45, 7) is 7.82. The van der Waals surface area contributed by atoms with Crippen LogP contribution in [-0.2, 0) is 6.18 Å². The molecule has 1 heterocycles. The summed E-state index contributed by atoms with van der Waals surface area (Å²) in [5, 5.41) is 3.65. The van der Waals surface area contributed by atoms with Crippen molar-refractivity contribution in [3.8, 4) is 11.1 Å². The van der Waals surface area contributed by atoms with E-state index in [4.69, 9.17) is 16.6 Å². The minimum Gasteiger partial charge on any atom is -0.353 e. The summed E-state index contributed by atoms with van der Waals surface area (Å²) in [6.07, 6.45) is 2.48. The summed E-state index contributed by atoms with van der Waals surface area (Å²) in [7, 11) is 0. The van der Waals surface area contributed by atoms with Crippen molar-refractivity contribution in [2.45, 2.75) is 64.1 Å². The van der Waals surface area contributed by atoms with Gasteiger partial charge < -0.3 is 5.32 Å². The zero-order valence-corrected chi connectivity index (χ0v) is 18.6. The molecule has 0 saturated heterocycles. The predicted molar refractivity (Wildman–Crippen MR) is 122 cm³/mol. The van der Waals surface area contributed by atoms with Gasteiger partial charge in [-0.1, -0.05) is 55.6 Å². The van der Waals surface area contributed by atoms with Crippen LogP contribution in [0.1, 0.15) is 55.2 Å². The molecular formula is C25H26ClF3N2. The predicted octanol–water partition coefficient (Wildman–Crippen LogP) is 8.12. The van der Waals surface area contributed by atoms with E-state index in [-0.39, 0.29) is 11.1 Å². The van der Waals surface area contributed by atoms with E-state index in [9.17, 15) is 13.2 Å². The summed E-state index contributed by atoms with van der Waals surface area (Å²) in [5.41, 5.74) is 3.93. The first kappa shape index (κ1) is 21.9. The van der Waals surface area contributed by atoms with Crippen molar-refractivity contribution in [2.24, 2.45) is 4.99 Å². The summed E-state index contributed by atoms with van der Waals surface area (Å²) < 4.78 is 40.6. The molecule has 0 atom stereocenters. The van der Waals surface area contributed by atoms with Crippen LogP contribution in [0.15, 0.2) is 47.6 Å². The molecule has 1 saturated carbocycles. The maximum Gasteiger partial charge on any atom is 0.417 e. The first-order valence-corrected chi connectivity index (χ1v) is 11.0. The third-order valence-corrected chi connectivity index (χ3v) is 6.95. The fraction of sp³-hybridized carbons (Fsp3) is 0.400. The van der Waals surface area contributed by atoms with Crippen LogP contribution < -0.4 is 5.32 Å². The highest BCUT2D eigenvalue weighted by atomic mass is 35.5. The first-order chi connectivity index (χ1) is 14.6. The third-order valence-electron chi connectivity index (χ3n) is 6.65. The Hall–Kier alpha value is -2.27. The number of rotatable bonds is 4. The first-order valence-electron chi connectivity index (χ1n) is 10.6. The molecule has 164 valence electrons.